The van der Waals surface area contributed by atoms with Crippen molar-refractivity contribution in [3.63, 3.8) is 0 Å². The van der Waals surface area contributed by atoms with Gasteiger partial charge in [0.2, 0.25) is 0 Å². The lowest BCUT2D eigenvalue weighted by Gasteiger charge is -2.31. The summed E-state index contributed by atoms with van der Waals surface area (Å²) in [7, 11) is -1.45. The lowest BCUT2D eigenvalue weighted by Crippen LogP contribution is -2.47. The van der Waals surface area contributed by atoms with Crippen molar-refractivity contribution in [2.24, 2.45) is 5.92 Å². The maximum Gasteiger partial charge on any atom is 0.279 e. The van der Waals surface area contributed by atoms with Crippen LogP contribution in [0.3, 0.4) is 0 Å². The number of aryl methyl sites for hydroxylation is 1. The van der Waals surface area contributed by atoms with Crippen molar-refractivity contribution in [1.82, 2.24) is 24.3 Å². The van der Waals surface area contributed by atoms with Gasteiger partial charge < -0.3 is 10.3 Å². The molecule has 1 aromatic rings. The van der Waals surface area contributed by atoms with E-state index in [0.717, 1.165) is 38.1 Å². The lowest BCUT2D eigenvalue weighted by atomic mass is 10.00. The van der Waals surface area contributed by atoms with E-state index in [1.54, 1.807) is 16.7 Å². The molecule has 1 unspecified atom stereocenters. The van der Waals surface area contributed by atoms with Crippen molar-refractivity contribution in [3.8, 4) is 0 Å². The van der Waals surface area contributed by atoms with Crippen LogP contribution in [0.15, 0.2) is 12.4 Å². The number of aromatic amines is 1. The monoisotopic (exact) mass is 315 g/mol. The molecule has 8 heteroatoms. The number of H-pyrrole nitrogens is 1. The Morgan fingerprint density at radius 2 is 2.38 bits per heavy atom. The van der Waals surface area contributed by atoms with E-state index in [0.29, 0.717) is 25.6 Å². The Labute approximate surface area is 126 Å². The molecule has 0 bridgehead atoms. The van der Waals surface area contributed by atoms with Crippen LogP contribution >= 0.6 is 0 Å². The van der Waals surface area contributed by atoms with E-state index in [-0.39, 0.29) is 0 Å². The standard InChI is InChI=1S/C13H25N5O2S/c1-14-10-12-4-3-9-18(11-12)21(19,20)17-6-2-5-13-15-7-8-16-13/h7-8,12,14,17H,2-6,9-11H2,1H3,(H,15,16). The lowest BCUT2D eigenvalue weighted by molar-refractivity contribution is 0.261. The fourth-order valence-corrected chi connectivity index (χ4v) is 4.04. The molecule has 0 aromatic carbocycles. The summed E-state index contributed by atoms with van der Waals surface area (Å²) in [5.41, 5.74) is 0. The summed E-state index contributed by atoms with van der Waals surface area (Å²) in [6.07, 6.45) is 6.98. The molecule has 21 heavy (non-hydrogen) atoms. The Bertz CT molecular complexity index is 501. The molecule has 1 fully saturated rings. The zero-order valence-corrected chi connectivity index (χ0v) is 13.3. The molecular formula is C13H25N5O2S. The van der Waals surface area contributed by atoms with E-state index in [4.69, 9.17) is 0 Å². The first kappa shape index (κ1) is 16.4. The van der Waals surface area contributed by atoms with Gasteiger partial charge in [0.05, 0.1) is 0 Å². The Balaban J connectivity index is 1.75. The third kappa shape index (κ3) is 5.06. The molecule has 0 amide bonds. The average molecular weight is 315 g/mol. The van der Waals surface area contributed by atoms with Gasteiger partial charge >= 0.3 is 0 Å². The summed E-state index contributed by atoms with van der Waals surface area (Å²) < 4.78 is 28.8. The fraction of sp³-hybridized carbons (Fsp3) is 0.769. The van der Waals surface area contributed by atoms with Crippen molar-refractivity contribution >= 4 is 10.2 Å². The van der Waals surface area contributed by atoms with Gasteiger partial charge in [-0.2, -0.15) is 12.7 Å². The number of hydrogen-bond donors (Lipinski definition) is 3. The number of nitrogens with one attached hydrogen (secondary N) is 3. The van der Waals surface area contributed by atoms with E-state index in [2.05, 4.69) is 20.0 Å². The van der Waals surface area contributed by atoms with Crippen LogP contribution in [-0.2, 0) is 16.6 Å². The average Bonchev–Trinajstić information content (AvgIpc) is 2.98. The first-order chi connectivity index (χ1) is 10.1. The van der Waals surface area contributed by atoms with E-state index >= 15 is 0 Å². The van der Waals surface area contributed by atoms with Crippen molar-refractivity contribution < 1.29 is 8.42 Å². The van der Waals surface area contributed by atoms with Gasteiger partial charge in [0.15, 0.2) is 0 Å². The fourth-order valence-electron chi connectivity index (χ4n) is 2.68. The Hall–Kier alpha value is -0.960. The molecule has 0 saturated carbocycles. The molecular weight excluding hydrogens is 290 g/mol. The Morgan fingerprint density at radius 1 is 1.52 bits per heavy atom. The van der Waals surface area contributed by atoms with Crippen molar-refractivity contribution in [2.45, 2.75) is 25.7 Å². The molecule has 7 nitrogen and oxygen atoms in total. The summed E-state index contributed by atoms with van der Waals surface area (Å²) in [5, 5.41) is 3.13. The number of hydrogen-bond acceptors (Lipinski definition) is 4. The van der Waals surface area contributed by atoms with E-state index in [1.807, 2.05) is 7.05 Å². The first-order valence-electron chi connectivity index (χ1n) is 7.49. The SMILES string of the molecule is CNCC1CCCN(S(=O)(=O)NCCCc2ncc[nH]2)C1. The number of piperidine rings is 1. The molecule has 2 rings (SSSR count). The third-order valence-corrected chi connectivity index (χ3v) is 5.32. The van der Waals surface area contributed by atoms with Crippen LogP contribution in [-0.4, -0.2) is 55.9 Å². The smallest absolute Gasteiger partial charge is 0.279 e. The van der Waals surface area contributed by atoms with Gasteiger partial charge in [0, 0.05) is 38.4 Å². The van der Waals surface area contributed by atoms with Gasteiger partial charge in [-0.25, -0.2) is 9.71 Å². The molecule has 1 atom stereocenters. The van der Waals surface area contributed by atoms with E-state index in [1.165, 1.54) is 0 Å². The number of rotatable bonds is 8. The van der Waals surface area contributed by atoms with Crippen LogP contribution in [0.1, 0.15) is 25.1 Å². The minimum Gasteiger partial charge on any atom is -0.349 e. The second kappa shape index (κ2) is 7.88. The summed E-state index contributed by atoms with van der Waals surface area (Å²) in [5.74, 6) is 1.30. The largest absolute Gasteiger partial charge is 0.349 e. The molecule has 1 aliphatic rings. The quantitative estimate of drug-likeness (QED) is 0.594. The second-order valence-corrected chi connectivity index (χ2v) is 7.22. The molecule has 1 aromatic heterocycles. The molecule has 1 aliphatic heterocycles. The molecule has 0 aliphatic carbocycles. The molecule has 120 valence electrons. The van der Waals surface area contributed by atoms with Crippen molar-refractivity contribution in [3.05, 3.63) is 18.2 Å². The summed E-state index contributed by atoms with van der Waals surface area (Å²) >= 11 is 0. The highest BCUT2D eigenvalue weighted by molar-refractivity contribution is 7.87. The topological polar surface area (TPSA) is 90.1 Å². The number of imidazole rings is 1. The molecule has 2 heterocycles. The van der Waals surface area contributed by atoms with E-state index < -0.39 is 10.2 Å². The van der Waals surface area contributed by atoms with Crippen LogP contribution in [0, 0.1) is 5.92 Å². The van der Waals surface area contributed by atoms with Crippen LogP contribution < -0.4 is 10.0 Å². The maximum absolute atomic E-state index is 12.3. The van der Waals surface area contributed by atoms with Crippen LogP contribution in [0.5, 0.6) is 0 Å². The summed E-state index contributed by atoms with van der Waals surface area (Å²) in [4.78, 5) is 7.13. The molecule has 1 saturated heterocycles. The van der Waals surface area contributed by atoms with Gasteiger partial charge in [-0.05, 0) is 38.8 Å². The summed E-state index contributed by atoms with van der Waals surface area (Å²) in [6.45, 7) is 2.53. The number of nitrogens with zero attached hydrogens (tertiary/aromatic N) is 2. The highest BCUT2D eigenvalue weighted by atomic mass is 32.2. The van der Waals surface area contributed by atoms with Crippen LogP contribution in [0.4, 0.5) is 0 Å². The Kier molecular flexibility index (Phi) is 6.16. The van der Waals surface area contributed by atoms with Crippen LogP contribution in [0.25, 0.3) is 0 Å². The predicted octanol–water partition coefficient (Wildman–Crippen LogP) is 0.108. The predicted molar refractivity (Wildman–Crippen MR) is 82.1 cm³/mol. The first-order valence-corrected chi connectivity index (χ1v) is 8.93. The molecule has 0 spiro atoms. The van der Waals surface area contributed by atoms with Crippen molar-refractivity contribution in [2.75, 3.05) is 33.2 Å². The minimum absolute atomic E-state index is 0.406. The summed E-state index contributed by atoms with van der Waals surface area (Å²) in [6, 6.07) is 0. The molecule has 3 N–H and O–H groups in total. The Morgan fingerprint density at radius 3 is 3.10 bits per heavy atom. The maximum atomic E-state index is 12.3. The van der Waals surface area contributed by atoms with Gasteiger partial charge in [-0.1, -0.05) is 0 Å². The minimum atomic E-state index is -3.35. The molecule has 0 radical (unpaired) electrons. The van der Waals surface area contributed by atoms with E-state index in [9.17, 15) is 8.42 Å². The van der Waals surface area contributed by atoms with Gasteiger partial charge in [0.1, 0.15) is 5.82 Å². The second-order valence-electron chi connectivity index (χ2n) is 5.46. The van der Waals surface area contributed by atoms with Gasteiger partial charge in [-0.15, -0.1) is 0 Å². The zero-order chi connectivity index (χ0) is 15.1. The highest BCUT2D eigenvalue weighted by Crippen LogP contribution is 2.17. The highest BCUT2D eigenvalue weighted by Gasteiger charge is 2.27. The zero-order valence-electron chi connectivity index (χ0n) is 12.5. The van der Waals surface area contributed by atoms with Gasteiger partial charge in [0.25, 0.3) is 10.2 Å². The van der Waals surface area contributed by atoms with Crippen LogP contribution in [0.2, 0.25) is 0 Å². The third-order valence-electron chi connectivity index (χ3n) is 3.74. The number of aromatic nitrogens is 2. The van der Waals surface area contributed by atoms with Gasteiger partial charge in [-0.3, -0.25) is 0 Å². The normalized spacial score (nSPS) is 20.7. The van der Waals surface area contributed by atoms with Crippen molar-refractivity contribution in [1.29, 1.82) is 0 Å².